The zero-order chi connectivity index (χ0) is 20.9. The van der Waals surface area contributed by atoms with E-state index in [4.69, 9.17) is 21.1 Å². The summed E-state index contributed by atoms with van der Waals surface area (Å²) < 4.78 is 10.4. The molecule has 2 aliphatic rings. The molecule has 2 aromatic carbocycles. The Labute approximate surface area is 169 Å². The molecule has 0 aromatic heterocycles. The van der Waals surface area contributed by atoms with Crippen LogP contribution in [0.15, 0.2) is 48.0 Å². The lowest BCUT2D eigenvalue weighted by Crippen LogP contribution is -2.57. The first-order valence-electron chi connectivity index (χ1n) is 8.59. The van der Waals surface area contributed by atoms with E-state index in [1.807, 2.05) is 0 Å². The molecule has 0 saturated carbocycles. The smallest absolute Gasteiger partial charge is 0.371 e. The molecule has 4 rings (SSSR count). The number of Topliss-reactive ketones (excluding diaryl/α,β-unsaturated/α-hetero) is 1. The van der Waals surface area contributed by atoms with Crippen LogP contribution in [0.1, 0.15) is 12.5 Å². The van der Waals surface area contributed by atoms with Crippen molar-refractivity contribution in [3.63, 3.8) is 0 Å². The number of carbonyl (C=O) groups excluding carboxylic acids is 3. The highest BCUT2D eigenvalue weighted by molar-refractivity contribution is 6.54. The molecule has 1 amide bonds. The largest absolute Gasteiger partial charge is 0.507 e. The van der Waals surface area contributed by atoms with Crippen LogP contribution >= 0.6 is 11.6 Å². The van der Waals surface area contributed by atoms with Crippen molar-refractivity contribution in [1.29, 1.82) is 0 Å². The number of rotatable bonds is 3. The van der Waals surface area contributed by atoms with E-state index < -0.39 is 34.7 Å². The first-order chi connectivity index (χ1) is 13.8. The molecule has 0 bridgehead atoms. The number of hydrogen-bond donors (Lipinski definition) is 2. The summed E-state index contributed by atoms with van der Waals surface area (Å²) in [5, 5.41) is 22.0. The lowest BCUT2D eigenvalue weighted by Gasteiger charge is -2.36. The predicted octanol–water partition coefficient (Wildman–Crippen LogP) is 2.23. The van der Waals surface area contributed by atoms with Gasteiger partial charge in [0, 0.05) is 10.6 Å². The van der Waals surface area contributed by atoms with Gasteiger partial charge in [0.1, 0.15) is 17.1 Å². The number of ether oxygens (including phenoxy) is 2. The number of carbonyl (C=O) groups is 3. The van der Waals surface area contributed by atoms with E-state index in [2.05, 4.69) is 0 Å². The number of ketones is 1. The topological polar surface area (TPSA) is 113 Å². The molecule has 29 heavy (non-hydrogen) atoms. The molecule has 0 aliphatic carbocycles. The number of aliphatic hydroxyl groups excluding tert-OH is 1. The second kappa shape index (κ2) is 6.61. The number of anilines is 1. The summed E-state index contributed by atoms with van der Waals surface area (Å²) in [5.74, 6) is -3.97. The zero-order valence-electron chi connectivity index (χ0n) is 15.0. The minimum atomic E-state index is -2.82. The molecule has 1 atom stereocenters. The van der Waals surface area contributed by atoms with Crippen LogP contribution in [0.2, 0.25) is 5.02 Å². The Morgan fingerprint density at radius 3 is 2.52 bits per heavy atom. The van der Waals surface area contributed by atoms with Gasteiger partial charge in [-0.1, -0.05) is 11.6 Å². The monoisotopic (exact) mass is 415 g/mol. The van der Waals surface area contributed by atoms with E-state index in [9.17, 15) is 24.6 Å². The fourth-order valence-corrected chi connectivity index (χ4v) is 3.48. The SMILES string of the molecule is CCOc1ccc(/C(O)=C2\C(=O)C(=O)N3c4cc(Cl)ccc4OC(=O)C23O)cc1. The Bertz CT molecular complexity index is 1090. The molecule has 2 aromatic rings. The fourth-order valence-electron chi connectivity index (χ4n) is 3.32. The highest BCUT2D eigenvalue weighted by Gasteiger charge is 2.65. The van der Waals surface area contributed by atoms with Crippen LogP contribution in [0, 0.1) is 0 Å². The minimum absolute atomic E-state index is 0.0490. The molecule has 2 heterocycles. The van der Waals surface area contributed by atoms with Gasteiger partial charge >= 0.3 is 11.9 Å². The third-order valence-corrected chi connectivity index (χ3v) is 4.86. The van der Waals surface area contributed by atoms with Gasteiger partial charge in [0.25, 0.3) is 11.5 Å². The van der Waals surface area contributed by atoms with Gasteiger partial charge in [-0.05, 0) is 49.4 Å². The molecule has 1 unspecified atom stereocenters. The minimum Gasteiger partial charge on any atom is -0.507 e. The lowest BCUT2D eigenvalue weighted by atomic mass is 9.96. The van der Waals surface area contributed by atoms with E-state index in [0.717, 1.165) is 0 Å². The van der Waals surface area contributed by atoms with E-state index in [1.165, 1.54) is 42.5 Å². The van der Waals surface area contributed by atoms with Crippen molar-refractivity contribution in [3.05, 3.63) is 58.6 Å². The molecule has 0 spiro atoms. The normalized spacial score (nSPS) is 22.2. The first-order valence-corrected chi connectivity index (χ1v) is 8.96. The zero-order valence-corrected chi connectivity index (χ0v) is 15.8. The van der Waals surface area contributed by atoms with Crippen LogP contribution < -0.4 is 14.4 Å². The number of aliphatic hydroxyl groups is 2. The third kappa shape index (κ3) is 2.68. The second-order valence-electron chi connectivity index (χ2n) is 6.32. The fraction of sp³-hybridized carbons (Fsp3) is 0.150. The van der Waals surface area contributed by atoms with Gasteiger partial charge in [-0.3, -0.25) is 14.5 Å². The number of nitrogens with zero attached hydrogens (tertiary/aromatic N) is 1. The van der Waals surface area contributed by atoms with E-state index in [1.54, 1.807) is 6.92 Å². The van der Waals surface area contributed by atoms with Crippen molar-refractivity contribution in [2.75, 3.05) is 11.5 Å². The molecule has 9 heteroatoms. The third-order valence-electron chi connectivity index (χ3n) is 4.62. The van der Waals surface area contributed by atoms with Crippen LogP contribution in [0.4, 0.5) is 5.69 Å². The maximum atomic E-state index is 12.7. The average molecular weight is 416 g/mol. The van der Waals surface area contributed by atoms with Crippen LogP contribution in [-0.2, 0) is 14.4 Å². The second-order valence-corrected chi connectivity index (χ2v) is 6.76. The van der Waals surface area contributed by atoms with E-state index >= 15 is 0 Å². The molecule has 148 valence electrons. The van der Waals surface area contributed by atoms with Crippen molar-refractivity contribution in [3.8, 4) is 11.5 Å². The van der Waals surface area contributed by atoms with Gasteiger partial charge in [-0.2, -0.15) is 0 Å². The number of fused-ring (bicyclic) bond motifs is 3. The predicted molar refractivity (Wildman–Crippen MR) is 102 cm³/mol. The number of halogens is 1. The lowest BCUT2D eigenvalue weighted by molar-refractivity contribution is -0.153. The Balaban J connectivity index is 1.89. The molecule has 1 saturated heterocycles. The molecular formula is C20H14ClNO7. The molecule has 1 fully saturated rings. The summed E-state index contributed by atoms with van der Waals surface area (Å²) in [6.07, 6.45) is 0. The average Bonchev–Trinajstić information content (AvgIpc) is 2.90. The molecular weight excluding hydrogens is 402 g/mol. The number of benzene rings is 2. The Hall–Kier alpha value is -3.36. The summed E-state index contributed by atoms with van der Waals surface area (Å²) in [6.45, 7) is 2.24. The van der Waals surface area contributed by atoms with Gasteiger partial charge < -0.3 is 19.7 Å². The van der Waals surface area contributed by atoms with Gasteiger partial charge in [0.05, 0.1) is 12.3 Å². The highest BCUT2D eigenvalue weighted by Crippen LogP contribution is 2.47. The van der Waals surface area contributed by atoms with Crippen molar-refractivity contribution in [1.82, 2.24) is 0 Å². The van der Waals surface area contributed by atoms with Crippen molar-refractivity contribution in [2.45, 2.75) is 12.6 Å². The number of amides is 1. The van der Waals surface area contributed by atoms with Gasteiger partial charge in [-0.25, -0.2) is 4.79 Å². The maximum absolute atomic E-state index is 12.7. The molecule has 2 N–H and O–H groups in total. The van der Waals surface area contributed by atoms with Crippen molar-refractivity contribution < 1.29 is 34.1 Å². The van der Waals surface area contributed by atoms with Crippen LogP contribution in [0.5, 0.6) is 11.5 Å². The van der Waals surface area contributed by atoms with Crippen LogP contribution in [-0.4, -0.2) is 40.2 Å². The summed E-state index contributed by atoms with van der Waals surface area (Å²) in [4.78, 5) is 38.5. The van der Waals surface area contributed by atoms with E-state index in [-0.39, 0.29) is 22.0 Å². The standard InChI is InChI=1S/C20H14ClNO7/c1-2-28-12-6-3-10(4-7-12)16(23)15-17(24)18(25)22-13-9-11(21)5-8-14(13)29-19(26)20(15,22)27/h3-9,23,27H,2H2,1H3/b16-15-. The van der Waals surface area contributed by atoms with Gasteiger partial charge in [0.15, 0.2) is 5.75 Å². The van der Waals surface area contributed by atoms with Gasteiger partial charge in [0.2, 0.25) is 0 Å². The number of esters is 1. The Morgan fingerprint density at radius 2 is 1.86 bits per heavy atom. The van der Waals surface area contributed by atoms with Gasteiger partial charge in [-0.15, -0.1) is 0 Å². The maximum Gasteiger partial charge on any atom is 0.371 e. The Morgan fingerprint density at radius 1 is 1.17 bits per heavy atom. The van der Waals surface area contributed by atoms with Crippen LogP contribution in [0.25, 0.3) is 5.76 Å². The molecule has 2 aliphatic heterocycles. The quantitative estimate of drug-likeness (QED) is 0.260. The summed E-state index contributed by atoms with van der Waals surface area (Å²) in [7, 11) is 0. The molecule has 8 nitrogen and oxygen atoms in total. The number of hydrogen-bond acceptors (Lipinski definition) is 7. The van der Waals surface area contributed by atoms with Crippen LogP contribution in [0.3, 0.4) is 0 Å². The summed E-state index contributed by atoms with van der Waals surface area (Å²) >= 11 is 5.95. The summed E-state index contributed by atoms with van der Waals surface area (Å²) in [6, 6.07) is 9.96. The first kappa shape index (κ1) is 19.0. The van der Waals surface area contributed by atoms with Crippen molar-refractivity contribution in [2.24, 2.45) is 0 Å². The summed E-state index contributed by atoms with van der Waals surface area (Å²) in [5.41, 5.74) is -3.58. The molecule has 0 radical (unpaired) electrons. The van der Waals surface area contributed by atoms with Crippen molar-refractivity contribution >= 4 is 40.7 Å². The highest BCUT2D eigenvalue weighted by atomic mass is 35.5. The van der Waals surface area contributed by atoms with E-state index in [0.29, 0.717) is 17.3 Å². The Kier molecular flexibility index (Phi) is 4.33.